The normalized spacial score (nSPS) is 15.2. The Kier molecular flexibility index (Phi) is 3.94. The van der Waals surface area contributed by atoms with Crippen LogP contribution in [0.3, 0.4) is 0 Å². The lowest BCUT2D eigenvalue weighted by atomic mass is 10.1. The summed E-state index contributed by atoms with van der Waals surface area (Å²) in [5, 5.41) is 1.09. The van der Waals surface area contributed by atoms with Crippen molar-refractivity contribution in [2.75, 3.05) is 38.3 Å². The number of morpholine rings is 1. The molecule has 0 unspecified atom stereocenters. The summed E-state index contributed by atoms with van der Waals surface area (Å²) in [6, 6.07) is 5.56. The van der Waals surface area contributed by atoms with Gasteiger partial charge in [0.2, 0.25) is 0 Å². The molecule has 1 fully saturated rings. The Morgan fingerprint density at radius 1 is 1.38 bits per heavy atom. The number of pyridine rings is 1. The van der Waals surface area contributed by atoms with Gasteiger partial charge in [-0.25, -0.2) is 4.98 Å². The summed E-state index contributed by atoms with van der Waals surface area (Å²) < 4.78 is 10.7. The molecule has 1 saturated heterocycles. The van der Waals surface area contributed by atoms with Crippen LogP contribution in [0, 0.1) is 0 Å². The fourth-order valence-electron chi connectivity index (χ4n) is 2.57. The molecule has 2 heterocycles. The fourth-order valence-corrected chi connectivity index (χ4v) is 2.80. The highest BCUT2D eigenvalue weighted by molar-refractivity contribution is 6.33. The lowest BCUT2D eigenvalue weighted by molar-refractivity contribution is 0.111. The fraction of sp³-hybridized carbons (Fsp3) is 0.333. The molecule has 0 bridgehead atoms. The van der Waals surface area contributed by atoms with E-state index in [0.717, 1.165) is 28.6 Å². The number of carbonyl (C=O) groups excluding carboxylic acids is 1. The number of aldehydes is 1. The number of hydrogen-bond acceptors (Lipinski definition) is 5. The molecule has 1 aromatic heterocycles. The molecule has 6 heteroatoms. The predicted molar refractivity (Wildman–Crippen MR) is 81.7 cm³/mol. The van der Waals surface area contributed by atoms with E-state index in [2.05, 4.69) is 9.88 Å². The van der Waals surface area contributed by atoms with E-state index in [1.165, 1.54) is 0 Å². The Bertz CT molecular complexity index is 684. The van der Waals surface area contributed by atoms with E-state index in [1.54, 1.807) is 7.11 Å². The second-order valence-electron chi connectivity index (χ2n) is 4.77. The van der Waals surface area contributed by atoms with Crippen LogP contribution < -0.4 is 9.64 Å². The Labute approximate surface area is 127 Å². The van der Waals surface area contributed by atoms with Gasteiger partial charge in [0.05, 0.1) is 37.1 Å². The highest BCUT2D eigenvalue weighted by Gasteiger charge is 2.21. The van der Waals surface area contributed by atoms with E-state index in [9.17, 15) is 4.79 Å². The van der Waals surface area contributed by atoms with Crippen molar-refractivity contribution in [3.05, 3.63) is 28.9 Å². The van der Waals surface area contributed by atoms with Crippen LogP contribution in [0.15, 0.2) is 18.2 Å². The van der Waals surface area contributed by atoms with Crippen LogP contribution in [0.5, 0.6) is 5.75 Å². The van der Waals surface area contributed by atoms with Crippen LogP contribution in [0.25, 0.3) is 10.9 Å². The first-order valence-electron chi connectivity index (χ1n) is 6.69. The maximum atomic E-state index is 11.5. The van der Waals surface area contributed by atoms with E-state index in [1.807, 2.05) is 18.2 Å². The summed E-state index contributed by atoms with van der Waals surface area (Å²) in [6.07, 6.45) is 0.763. The third-order valence-corrected chi connectivity index (χ3v) is 3.89. The molecule has 2 aromatic rings. The molecule has 110 valence electrons. The molecular formula is C15H15ClN2O3. The Hall–Kier alpha value is -1.85. The number of hydrogen-bond donors (Lipinski definition) is 0. The third kappa shape index (κ3) is 2.54. The molecule has 0 amide bonds. The molecule has 0 atom stereocenters. The molecule has 21 heavy (non-hydrogen) atoms. The summed E-state index contributed by atoms with van der Waals surface area (Å²) in [6.45, 7) is 2.69. The monoisotopic (exact) mass is 306 g/mol. The number of ether oxygens (including phenoxy) is 2. The van der Waals surface area contributed by atoms with E-state index in [0.29, 0.717) is 31.9 Å². The van der Waals surface area contributed by atoms with Gasteiger partial charge in [-0.05, 0) is 18.2 Å². The van der Waals surface area contributed by atoms with Crippen molar-refractivity contribution in [1.29, 1.82) is 0 Å². The van der Waals surface area contributed by atoms with Gasteiger partial charge < -0.3 is 14.4 Å². The molecule has 0 N–H and O–H groups in total. The minimum Gasteiger partial charge on any atom is -0.497 e. The topological polar surface area (TPSA) is 51.7 Å². The first-order chi connectivity index (χ1) is 10.2. The van der Waals surface area contributed by atoms with Crippen LogP contribution >= 0.6 is 11.6 Å². The molecule has 0 aliphatic carbocycles. The lowest BCUT2D eigenvalue weighted by Gasteiger charge is -2.31. The minimum absolute atomic E-state index is 0.226. The summed E-state index contributed by atoms with van der Waals surface area (Å²) in [4.78, 5) is 17.9. The molecular weight excluding hydrogens is 292 g/mol. The van der Waals surface area contributed by atoms with Crippen LogP contribution in [-0.4, -0.2) is 44.7 Å². The summed E-state index contributed by atoms with van der Waals surface area (Å²) >= 11 is 6.17. The number of carbonyl (C=O) groups is 1. The van der Waals surface area contributed by atoms with Crippen LogP contribution in [0.2, 0.25) is 5.15 Å². The third-order valence-electron chi connectivity index (χ3n) is 3.60. The number of aromatic nitrogens is 1. The largest absolute Gasteiger partial charge is 0.497 e. The molecule has 0 spiro atoms. The zero-order chi connectivity index (χ0) is 14.8. The summed E-state index contributed by atoms with van der Waals surface area (Å²) in [7, 11) is 1.61. The highest BCUT2D eigenvalue weighted by Crippen LogP contribution is 2.35. The number of rotatable bonds is 3. The van der Waals surface area contributed by atoms with Gasteiger partial charge in [0.15, 0.2) is 6.29 Å². The number of methoxy groups -OCH3 is 1. The van der Waals surface area contributed by atoms with Crippen LogP contribution in [-0.2, 0) is 4.74 Å². The van der Waals surface area contributed by atoms with Gasteiger partial charge in [0.25, 0.3) is 0 Å². The Morgan fingerprint density at radius 2 is 2.14 bits per heavy atom. The average Bonchev–Trinajstić information content (AvgIpc) is 2.54. The van der Waals surface area contributed by atoms with Gasteiger partial charge in [-0.1, -0.05) is 11.6 Å². The van der Waals surface area contributed by atoms with E-state index >= 15 is 0 Å². The summed E-state index contributed by atoms with van der Waals surface area (Å²) in [5.74, 6) is 0.720. The maximum Gasteiger partial charge on any atom is 0.155 e. The number of nitrogens with zero attached hydrogens (tertiary/aromatic N) is 2. The zero-order valence-corrected chi connectivity index (χ0v) is 12.4. The predicted octanol–water partition coefficient (Wildman–Crippen LogP) is 2.55. The summed E-state index contributed by atoms with van der Waals surface area (Å²) in [5.41, 5.74) is 1.97. The van der Waals surface area contributed by atoms with Gasteiger partial charge in [-0.15, -0.1) is 0 Å². The zero-order valence-electron chi connectivity index (χ0n) is 11.6. The lowest BCUT2D eigenvalue weighted by Crippen LogP contribution is -2.37. The molecule has 1 aliphatic rings. The molecule has 3 rings (SSSR count). The number of halogens is 1. The van der Waals surface area contributed by atoms with Crippen molar-refractivity contribution >= 4 is 34.5 Å². The quantitative estimate of drug-likeness (QED) is 0.644. The maximum absolute atomic E-state index is 11.5. The number of benzene rings is 1. The van der Waals surface area contributed by atoms with E-state index in [-0.39, 0.29) is 5.15 Å². The molecule has 5 nitrogen and oxygen atoms in total. The van der Waals surface area contributed by atoms with Crippen molar-refractivity contribution in [2.45, 2.75) is 0 Å². The van der Waals surface area contributed by atoms with Crippen molar-refractivity contribution in [2.24, 2.45) is 0 Å². The number of fused-ring (bicyclic) bond motifs is 1. The van der Waals surface area contributed by atoms with Crippen molar-refractivity contribution in [3.63, 3.8) is 0 Å². The minimum atomic E-state index is 0.226. The van der Waals surface area contributed by atoms with Crippen molar-refractivity contribution in [1.82, 2.24) is 4.98 Å². The van der Waals surface area contributed by atoms with E-state index < -0.39 is 0 Å². The highest BCUT2D eigenvalue weighted by atomic mass is 35.5. The second-order valence-corrected chi connectivity index (χ2v) is 5.12. The molecule has 0 saturated carbocycles. The van der Waals surface area contributed by atoms with Crippen LogP contribution in [0.4, 0.5) is 5.69 Å². The molecule has 0 radical (unpaired) electrons. The number of anilines is 1. The molecule has 1 aromatic carbocycles. The Morgan fingerprint density at radius 3 is 2.81 bits per heavy atom. The SMILES string of the molecule is COc1ccc2nc(Cl)c(C=O)c(N3CCOCC3)c2c1. The van der Waals surface area contributed by atoms with Crippen molar-refractivity contribution in [3.8, 4) is 5.75 Å². The van der Waals surface area contributed by atoms with Crippen molar-refractivity contribution < 1.29 is 14.3 Å². The van der Waals surface area contributed by atoms with Gasteiger partial charge in [0, 0.05) is 18.5 Å². The van der Waals surface area contributed by atoms with Gasteiger partial charge >= 0.3 is 0 Å². The van der Waals surface area contributed by atoms with Gasteiger partial charge in [-0.2, -0.15) is 0 Å². The van der Waals surface area contributed by atoms with Crippen LogP contribution in [0.1, 0.15) is 10.4 Å². The average molecular weight is 307 g/mol. The smallest absolute Gasteiger partial charge is 0.155 e. The first kappa shape index (κ1) is 14.1. The standard InChI is InChI=1S/C15H15ClN2O3/c1-20-10-2-3-13-11(8-10)14(12(9-19)15(16)17-13)18-4-6-21-7-5-18/h2-3,8-9H,4-7H2,1H3. The van der Waals surface area contributed by atoms with Gasteiger partial charge in [0.1, 0.15) is 10.9 Å². The Balaban J connectivity index is 2.27. The van der Waals surface area contributed by atoms with Gasteiger partial charge in [-0.3, -0.25) is 4.79 Å². The molecule has 1 aliphatic heterocycles. The first-order valence-corrected chi connectivity index (χ1v) is 7.07. The second kappa shape index (κ2) is 5.87. The van der Waals surface area contributed by atoms with E-state index in [4.69, 9.17) is 21.1 Å².